The molecule has 0 amide bonds. The molecule has 1 saturated carbocycles. The van der Waals surface area contributed by atoms with Crippen molar-refractivity contribution in [2.45, 2.75) is 58.0 Å². The van der Waals surface area contributed by atoms with Crippen LogP contribution in [-0.2, 0) is 4.79 Å². The second-order valence-corrected chi connectivity index (χ2v) is 5.34. The topological polar surface area (TPSA) is 37.3 Å². The summed E-state index contributed by atoms with van der Waals surface area (Å²) in [5, 5.41) is 9.02. The van der Waals surface area contributed by atoms with Gasteiger partial charge in [-0.05, 0) is 44.4 Å². The third-order valence-electron chi connectivity index (χ3n) is 3.56. The fourth-order valence-corrected chi connectivity index (χ4v) is 2.36. The number of aliphatic hydroxyl groups is 1. The lowest BCUT2D eigenvalue weighted by molar-refractivity contribution is -0.107. The second-order valence-electron chi connectivity index (χ2n) is 5.34. The maximum Gasteiger partial charge on any atom is 0.119 e. The van der Waals surface area contributed by atoms with E-state index < -0.39 is 0 Å². The minimum atomic E-state index is -0.353. The lowest BCUT2D eigenvalue weighted by Gasteiger charge is -1.97. The molecule has 3 atom stereocenters. The molecule has 1 aliphatic carbocycles. The molecule has 0 heterocycles. The molecule has 0 aromatic carbocycles. The van der Waals surface area contributed by atoms with Crippen molar-refractivity contribution in [3.8, 4) is 0 Å². The minimum Gasteiger partial charge on any atom is -0.389 e. The van der Waals surface area contributed by atoms with Crippen molar-refractivity contribution in [3.63, 3.8) is 0 Å². The zero-order valence-corrected chi connectivity index (χ0v) is 11.4. The smallest absolute Gasteiger partial charge is 0.119 e. The number of allylic oxidation sites excluding steroid dienone is 3. The van der Waals surface area contributed by atoms with E-state index in [0.29, 0.717) is 0 Å². The van der Waals surface area contributed by atoms with Crippen molar-refractivity contribution >= 4 is 6.29 Å². The van der Waals surface area contributed by atoms with E-state index in [1.165, 1.54) is 25.7 Å². The summed E-state index contributed by atoms with van der Waals surface area (Å²) in [5.41, 5.74) is 0. The molecule has 0 radical (unpaired) electrons. The fraction of sp³-hybridized carbons (Fsp3) is 0.688. The molecular formula is C16H26O2. The second kappa shape index (κ2) is 9.09. The van der Waals surface area contributed by atoms with E-state index in [1.807, 2.05) is 12.2 Å². The molecule has 0 saturated heterocycles. The predicted molar refractivity (Wildman–Crippen MR) is 75.3 cm³/mol. The van der Waals surface area contributed by atoms with E-state index in [0.717, 1.165) is 37.4 Å². The highest BCUT2D eigenvalue weighted by molar-refractivity contribution is 5.48. The highest BCUT2D eigenvalue weighted by atomic mass is 16.3. The molecule has 1 unspecified atom stereocenters. The highest BCUT2D eigenvalue weighted by Gasteiger charge is 2.34. The van der Waals surface area contributed by atoms with Gasteiger partial charge in [0.1, 0.15) is 6.29 Å². The van der Waals surface area contributed by atoms with E-state index in [4.69, 9.17) is 5.11 Å². The van der Waals surface area contributed by atoms with Gasteiger partial charge in [0, 0.05) is 6.42 Å². The van der Waals surface area contributed by atoms with Crippen LogP contribution in [0.5, 0.6) is 0 Å². The normalized spacial score (nSPS) is 24.8. The molecule has 0 bridgehead atoms. The Kier molecular flexibility index (Phi) is 7.66. The van der Waals surface area contributed by atoms with Gasteiger partial charge >= 0.3 is 0 Å². The summed E-state index contributed by atoms with van der Waals surface area (Å²) in [6, 6.07) is 0. The zero-order chi connectivity index (χ0) is 13.2. The molecule has 1 rings (SSSR count). The fourth-order valence-electron chi connectivity index (χ4n) is 2.36. The Hall–Kier alpha value is -0.890. The van der Waals surface area contributed by atoms with Crippen LogP contribution >= 0.6 is 0 Å². The van der Waals surface area contributed by atoms with Crippen molar-refractivity contribution in [2.75, 3.05) is 0 Å². The van der Waals surface area contributed by atoms with Gasteiger partial charge in [0.2, 0.25) is 0 Å². The van der Waals surface area contributed by atoms with Crippen LogP contribution in [0.15, 0.2) is 24.3 Å². The molecule has 0 aromatic heterocycles. The lowest BCUT2D eigenvalue weighted by atomic mass is 10.1. The minimum absolute atomic E-state index is 0.353. The maximum atomic E-state index is 10.2. The van der Waals surface area contributed by atoms with Crippen LogP contribution in [0.3, 0.4) is 0 Å². The molecule has 1 N–H and O–H groups in total. The standard InChI is InChI=1S/C16H26O2/c1-14(18)9-5-2-3-6-10-15-13-16(15)11-7-4-8-12-17/h2-3,5,9,12,14-16,18H,4,6-8,10-11,13H2,1H3/b3-2-,9-5+/t14?,15-,16+/m0/s1. The van der Waals surface area contributed by atoms with E-state index in [-0.39, 0.29) is 6.10 Å². The van der Waals surface area contributed by atoms with Gasteiger partial charge in [0.25, 0.3) is 0 Å². The monoisotopic (exact) mass is 250 g/mol. The molecule has 0 spiro atoms. The first-order chi connectivity index (χ1) is 8.74. The Morgan fingerprint density at radius 3 is 2.67 bits per heavy atom. The quantitative estimate of drug-likeness (QED) is 0.365. The van der Waals surface area contributed by atoms with Gasteiger partial charge in [0.05, 0.1) is 6.10 Å². The number of hydrogen-bond acceptors (Lipinski definition) is 2. The van der Waals surface area contributed by atoms with Gasteiger partial charge in [-0.1, -0.05) is 37.1 Å². The summed E-state index contributed by atoms with van der Waals surface area (Å²) in [6.45, 7) is 1.75. The summed E-state index contributed by atoms with van der Waals surface area (Å²) in [4.78, 5) is 10.2. The van der Waals surface area contributed by atoms with Crippen LogP contribution < -0.4 is 0 Å². The first-order valence-electron chi connectivity index (χ1n) is 7.19. The molecule has 0 aliphatic heterocycles. The molecular weight excluding hydrogens is 224 g/mol. The Labute approximate surface area is 111 Å². The van der Waals surface area contributed by atoms with Crippen molar-refractivity contribution in [1.82, 2.24) is 0 Å². The van der Waals surface area contributed by atoms with Gasteiger partial charge in [-0.3, -0.25) is 0 Å². The third-order valence-corrected chi connectivity index (χ3v) is 3.56. The van der Waals surface area contributed by atoms with Gasteiger partial charge in [-0.25, -0.2) is 0 Å². The predicted octanol–water partition coefficient (Wildman–Crippen LogP) is 3.66. The first kappa shape index (κ1) is 15.2. The SMILES string of the molecule is CC(O)/C=C/C=C\CC[C@H]1C[C@H]1CCCCC=O. The van der Waals surface area contributed by atoms with Crippen LogP contribution in [0.1, 0.15) is 51.9 Å². The zero-order valence-electron chi connectivity index (χ0n) is 11.4. The maximum absolute atomic E-state index is 10.2. The molecule has 2 nitrogen and oxygen atoms in total. The molecule has 1 fully saturated rings. The van der Waals surface area contributed by atoms with Gasteiger partial charge in [-0.2, -0.15) is 0 Å². The Balaban J connectivity index is 1.94. The summed E-state index contributed by atoms with van der Waals surface area (Å²) in [5.74, 6) is 1.85. The number of unbranched alkanes of at least 4 members (excludes halogenated alkanes) is 2. The summed E-state index contributed by atoms with van der Waals surface area (Å²) < 4.78 is 0. The summed E-state index contributed by atoms with van der Waals surface area (Å²) in [6.07, 6.45) is 16.7. The molecule has 18 heavy (non-hydrogen) atoms. The van der Waals surface area contributed by atoms with E-state index in [9.17, 15) is 4.79 Å². The van der Waals surface area contributed by atoms with E-state index in [2.05, 4.69) is 6.08 Å². The van der Waals surface area contributed by atoms with Gasteiger partial charge < -0.3 is 9.90 Å². The highest BCUT2D eigenvalue weighted by Crippen LogP contribution is 2.45. The number of carbonyl (C=O) groups excluding carboxylic acids is 1. The van der Waals surface area contributed by atoms with Crippen molar-refractivity contribution in [3.05, 3.63) is 24.3 Å². The number of aldehydes is 1. The van der Waals surface area contributed by atoms with Crippen LogP contribution in [0, 0.1) is 11.8 Å². The van der Waals surface area contributed by atoms with Gasteiger partial charge in [0.15, 0.2) is 0 Å². The summed E-state index contributed by atoms with van der Waals surface area (Å²) in [7, 11) is 0. The van der Waals surface area contributed by atoms with Crippen molar-refractivity contribution < 1.29 is 9.90 Å². The van der Waals surface area contributed by atoms with Crippen LogP contribution in [0.4, 0.5) is 0 Å². The number of rotatable bonds is 10. The van der Waals surface area contributed by atoms with Crippen LogP contribution in [0.2, 0.25) is 0 Å². The average Bonchev–Trinajstić information content (AvgIpc) is 3.07. The Morgan fingerprint density at radius 1 is 1.17 bits per heavy atom. The van der Waals surface area contributed by atoms with Gasteiger partial charge in [-0.15, -0.1) is 0 Å². The van der Waals surface area contributed by atoms with Crippen LogP contribution in [0.25, 0.3) is 0 Å². The number of carbonyl (C=O) groups is 1. The molecule has 2 heteroatoms. The first-order valence-corrected chi connectivity index (χ1v) is 7.19. The van der Waals surface area contributed by atoms with E-state index in [1.54, 1.807) is 13.0 Å². The molecule has 102 valence electrons. The summed E-state index contributed by atoms with van der Waals surface area (Å²) >= 11 is 0. The average molecular weight is 250 g/mol. The number of hydrogen-bond donors (Lipinski definition) is 1. The Bertz CT molecular complexity index is 279. The number of aliphatic hydroxyl groups excluding tert-OH is 1. The Morgan fingerprint density at radius 2 is 1.94 bits per heavy atom. The molecule has 0 aromatic rings. The van der Waals surface area contributed by atoms with Crippen LogP contribution in [-0.4, -0.2) is 17.5 Å². The van der Waals surface area contributed by atoms with Crippen molar-refractivity contribution in [2.24, 2.45) is 11.8 Å². The molecule has 1 aliphatic rings. The van der Waals surface area contributed by atoms with E-state index >= 15 is 0 Å². The third kappa shape index (κ3) is 7.44. The van der Waals surface area contributed by atoms with Crippen molar-refractivity contribution in [1.29, 1.82) is 0 Å². The largest absolute Gasteiger partial charge is 0.389 e. The lowest BCUT2D eigenvalue weighted by Crippen LogP contribution is -1.90.